The number of fused-ring (bicyclic) bond motifs is 3. The Morgan fingerprint density at radius 2 is 1.71 bits per heavy atom. The van der Waals surface area contributed by atoms with Crippen molar-refractivity contribution >= 4 is 32.3 Å². The summed E-state index contributed by atoms with van der Waals surface area (Å²) in [6, 6.07) is 20.7. The molecule has 0 aliphatic rings. The highest BCUT2D eigenvalue weighted by Gasteiger charge is 2.12. The minimum atomic E-state index is 0.862. The zero-order valence-corrected chi connectivity index (χ0v) is 12.4. The minimum Gasteiger partial charge on any atom is -0.496 e. The fourth-order valence-corrected chi connectivity index (χ4v) is 3.61. The quantitative estimate of drug-likeness (QED) is 0.511. The number of rotatable bonds is 2. The highest BCUT2D eigenvalue weighted by atomic mass is 32.1. The van der Waals surface area contributed by atoms with Crippen LogP contribution in [0, 0.1) is 0 Å². The lowest BCUT2D eigenvalue weighted by Gasteiger charge is -2.04. The second kappa shape index (κ2) is 4.86. The zero-order chi connectivity index (χ0) is 14.2. The van der Waals surface area contributed by atoms with Crippen LogP contribution >= 0.6 is 11.3 Å². The average Bonchev–Trinajstić information content (AvgIpc) is 2.99. The third kappa shape index (κ3) is 1.98. The number of nitrogens with zero attached hydrogens (tertiary/aromatic N) is 1. The van der Waals surface area contributed by atoms with Crippen LogP contribution in [0.2, 0.25) is 0 Å². The van der Waals surface area contributed by atoms with Crippen molar-refractivity contribution in [3.05, 3.63) is 60.7 Å². The maximum absolute atomic E-state index is 5.45. The molecule has 0 radical (unpaired) electrons. The Labute approximate surface area is 126 Å². The van der Waals surface area contributed by atoms with E-state index in [1.807, 2.05) is 18.2 Å². The van der Waals surface area contributed by atoms with Gasteiger partial charge in [0.25, 0.3) is 0 Å². The molecule has 0 amide bonds. The van der Waals surface area contributed by atoms with Crippen molar-refractivity contribution in [3.8, 4) is 16.3 Å². The number of benzene rings is 3. The Bertz CT molecular complexity index is 942. The van der Waals surface area contributed by atoms with Crippen LogP contribution in [0.3, 0.4) is 0 Å². The summed E-state index contributed by atoms with van der Waals surface area (Å²) in [5.74, 6) is 0.862. The van der Waals surface area contributed by atoms with Gasteiger partial charge in [-0.25, -0.2) is 4.98 Å². The second-order valence-corrected chi connectivity index (χ2v) is 5.88. The summed E-state index contributed by atoms with van der Waals surface area (Å²) in [6.45, 7) is 0. The number of aromatic nitrogens is 1. The first-order valence-corrected chi connectivity index (χ1v) is 7.60. The van der Waals surface area contributed by atoms with Gasteiger partial charge in [-0.3, -0.25) is 0 Å². The Kier molecular flexibility index (Phi) is 2.86. The SMILES string of the molecule is COc1ccccc1-c1nc2c(ccc3ccccc32)s1. The van der Waals surface area contributed by atoms with Gasteiger partial charge in [-0.15, -0.1) is 11.3 Å². The molecule has 1 heterocycles. The molecule has 0 N–H and O–H groups in total. The first kappa shape index (κ1) is 12.4. The molecule has 102 valence electrons. The Morgan fingerprint density at radius 3 is 2.62 bits per heavy atom. The van der Waals surface area contributed by atoms with Crippen molar-refractivity contribution in [1.29, 1.82) is 0 Å². The smallest absolute Gasteiger partial charge is 0.129 e. The van der Waals surface area contributed by atoms with Gasteiger partial charge in [0.1, 0.15) is 10.8 Å². The molecule has 0 saturated heterocycles. The van der Waals surface area contributed by atoms with Gasteiger partial charge >= 0.3 is 0 Å². The van der Waals surface area contributed by atoms with E-state index in [0.29, 0.717) is 0 Å². The van der Waals surface area contributed by atoms with E-state index in [1.54, 1.807) is 18.4 Å². The van der Waals surface area contributed by atoms with Gasteiger partial charge in [-0.1, -0.05) is 42.5 Å². The van der Waals surface area contributed by atoms with E-state index in [0.717, 1.165) is 21.8 Å². The van der Waals surface area contributed by atoms with Crippen LogP contribution < -0.4 is 4.74 Å². The molecule has 0 saturated carbocycles. The molecule has 0 bridgehead atoms. The first-order chi connectivity index (χ1) is 10.4. The van der Waals surface area contributed by atoms with Gasteiger partial charge in [0.05, 0.1) is 22.9 Å². The molecule has 0 unspecified atom stereocenters. The van der Waals surface area contributed by atoms with E-state index in [1.165, 1.54) is 15.5 Å². The molecule has 3 heteroatoms. The van der Waals surface area contributed by atoms with Gasteiger partial charge in [0, 0.05) is 5.39 Å². The summed E-state index contributed by atoms with van der Waals surface area (Å²) >= 11 is 1.70. The van der Waals surface area contributed by atoms with E-state index in [4.69, 9.17) is 9.72 Å². The Hall–Kier alpha value is -2.39. The van der Waals surface area contributed by atoms with Crippen LogP contribution in [0.25, 0.3) is 31.6 Å². The Balaban J connectivity index is 2.01. The average molecular weight is 291 g/mol. The number of thiazole rings is 1. The summed E-state index contributed by atoms with van der Waals surface area (Å²) in [6.07, 6.45) is 0. The predicted molar refractivity (Wildman–Crippen MR) is 89.1 cm³/mol. The molecule has 0 fully saturated rings. The third-order valence-electron chi connectivity index (χ3n) is 3.62. The van der Waals surface area contributed by atoms with Crippen molar-refractivity contribution < 1.29 is 4.74 Å². The van der Waals surface area contributed by atoms with Crippen LogP contribution in [0.15, 0.2) is 60.7 Å². The summed E-state index contributed by atoms with van der Waals surface area (Å²) in [7, 11) is 1.70. The fourth-order valence-electron chi connectivity index (χ4n) is 2.60. The number of para-hydroxylation sites is 1. The fraction of sp³-hybridized carbons (Fsp3) is 0.0556. The number of hydrogen-bond acceptors (Lipinski definition) is 3. The monoisotopic (exact) mass is 291 g/mol. The van der Waals surface area contributed by atoms with Crippen molar-refractivity contribution in [3.63, 3.8) is 0 Å². The minimum absolute atomic E-state index is 0.862. The standard InChI is InChI=1S/C18H13NOS/c1-20-15-9-5-4-8-14(15)18-19-17-13-7-3-2-6-12(13)10-11-16(17)21-18/h2-11H,1H3. The Morgan fingerprint density at radius 1 is 0.905 bits per heavy atom. The second-order valence-electron chi connectivity index (χ2n) is 4.85. The van der Waals surface area contributed by atoms with Gasteiger partial charge in [0.2, 0.25) is 0 Å². The summed E-state index contributed by atoms with van der Waals surface area (Å²) in [4.78, 5) is 4.86. The van der Waals surface area contributed by atoms with E-state index >= 15 is 0 Å². The molecule has 1 aromatic heterocycles. The van der Waals surface area contributed by atoms with Gasteiger partial charge < -0.3 is 4.74 Å². The van der Waals surface area contributed by atoms with Crippen LogP contribution in [0.4, 0.5) is 0 Å². The lowest BCUT2D eigenvalue weighted by molar-refractivity contribution is 0.416. The molecule has 3 aromatic carbocycles. The third-order valence-corrected chi connectivity index (χ3v) is 4.67. The van der Waals surface area contributed by atoms with Gasteiger partial charge in [-0.2, -0.15) is 0 Å². The topological polar surface area (TPSA) is 22.1 Å². The van der Waals surface area contributed by atoms with Crippen LogP contribution in [0.5, 0.6) is 5.75 Å². The normalized spacial score (nSPS) is 11.1. The number of hydrogen-bond donors (Lipinski definition) is 0. The summed E-state index contributed by atoms with van der Waals surface area (Å²) in [5, 5.41) is 3.42. The largest absolute Gasteiger partial charge is 0.496 e. The zero-order valence-electron chi connectivity index (χ0n) is 11.5. The van der Waals surface area contributed by atoms with Gasteiger partial charge in [0.15, 0.2) is 0 Å². The molecule has 4 rings (SSSR count). The molecular formula is C18H13NOS. The first-order valence-electron chi connectivity index (χ1n) is 6.78. The molecule has 2 nitrogen and oxygen atoms in total. The molecule has 0 spiro atoms. The van der Waals surface area contributed by atoms with E-state index in [9.17, 15) is 0 Å². The predicted octanol–water partition coefficient (Wildman–Crippen LogP) is 5.13. The van der Waals surface area contributed by atoms with Gasteiger partial charge in [-0.05, 0) is 23.6 Å². The maximum Gasteiger partial charge on any atom is 0.129 e. The van der Waals surface area contributed by atoms with E-state index in [2.05, 4.69) is 42.5 Å². The van der Waals surface area contributed by atoms with Crippen molar-refractivity contribution in [1.82, 2.24) is 4.98 Å². The number of ether oxygens (including phenoxy) is 1. The maximum atomic E-state index is 5.45. The highest BCUT2D eigenvalue weighted by molar-refractivity contribution is 7.21. The van der Waals surface area contributed by atoms with Crippen molar-refractivity contribution in [2.24, 2.45) is 0 Å². The van der Waals surface area contributed by atoms with E-state index < -0.39 is 0 Å². The lowest BCUT2D eigenvalue weighted by Crippen LogP contribution is -1.86. The molecule has 0 atom stereocenters. The molecule has 4 aromatic rings. The van der Waals surface area contributed by atoms with Crippen LogP contribution in [0.1, 0.15) is 0 Å². The van der Waals surface area contributed by atoms with Crippen LogP contribution in [-0.2, 0) is 0 Å². The van der Waals surface area contributed by atoms with Crippen LogP contribution in [-0.4, -0.2) is 12.1 Å². The van der Waals surface area contributed by atoms with E-state index in [-0.39, 0.29) is 0 Å². The van der Waals surface area contributed by atoms with Crippen molar-refractivity contribution in [2.75, 3.05) is 7.11 Å². The summed E-state index contributed by atoms with van der Waals surface area (Å²) < 4.78 is 6.65. The molecule has 0 aliphatic carbocycles. The highest BCUT2D eigenvalue weighted by Crippen LogP contribution is 2.37. The number of methoxy groups -OCH3 is 1. The molecular weight excluding hydrogens is 278 g/mol. The molecule has 21 heavy (non-hydrogen) atoms. The lowest BCUT2D eigenvalue weighted by atomic mass is 10.1. The van der Waals surface area contributed by atoms with Crippen molar-refractivity contribution in [2.45, 2.75) is 0 Å². The molecule has 0 aliphatic heterocycles. The summed E-state index contributed by atoms with van der Waals surface area (Å²) in [5.41, 5.74) is 2.12.